The summed E-state index contributed by atoms with van der Waals surface area (Å²) in [5.74, 6) is 0.330. The van der Waals surface area contributed by atoms with Gasteiger partial charge in [0.1, 0.15) is 54.9 Å². The maximum atomic E-state index is 12.1. The Morgan fingerprint density at radius 1 is 0.667 bits per heavy atom. The third-order valence-electron chi connectivity index (χ3n) is 16.2. The first kappa shape index (κ1) is 40.2. The molecule has 9 N–H and O–H groups in total. The Morgan fingerprint density at radius 3 is 2.02 bits per heavy atom. The lowest BCUT2D eigenvalue weighted by molar-refractivity contribution is -0.373. The van der Waals surface area contributed by atoms with Gasteiger partial charge < -0.3 is 74.4 Å². The molecule has 0 bridgehead atoms. The summed E-state index contributed by atoms with van der Waals surface area (Å²) in [6, 6.07) is 0. The summed E-state index contributed by atoms with van der Waals surface area (Å²) in [6.07, 6.45) is -10.2. The van der Waals surface area contributed by atoms with Crippen molar-refractivity contribution in [2.75, 3.05) is 19.8 Å². The van der Waals surface area contributed by atoms with Gasteiger partial charge in [0, 0.05) is 11.8 Å². The van der Waals surface area contributed by atoms with Crippen molar-refractivity contribution in [3.63, 3.8) is 0 Å². The van der Waals surface area contributed by atoms with Crippen molar-refractivity contribution in [3.8, 4) is 0 Å². The maximum Gasteiger partial charge on any atom is 0.197 e. The predicted octanol–water partition coefficient (Wildman–Crippen LogP) is -0.616. The molecule has 1 spiro atoms. The molecule has 310 valence electrons. The highest BCUT2D eigenvalue weighted by Crippen LogP contribution is 2.71. The number of ether oxygens (including phenoxy) is 6. The van der Waals surface area contributed by atoms with Gasteiger partial charge in [-0.2, -0.15) is 0 Å². The molecule has 4 heterocycles. The topological polar surface area (TPSA) is 237 Å². The molecule has 0 amide bonds. The smallest absolute Gasteiger partial charge is 0.197 e. The van der Waals surface area contributed by atoms with Crippen molar-refractivity contribution in [2.24, 2.45) is 52.3 Å². The van der Waals surface area contributed by atoms with Crippen LogP contribution in [0.25, 0.3) is 0 Å². The van der Waals surface area contributed by atoms with E-state index < -0.39 is 92.6 Å². The first-order chi connectivity index (χ1) is 25.6. The molecule has 0 aromatic carbocycles. The van der Waals surface area contributed by atoms with Gasteiger partial charge in [-0.15, -0.1) is 0 Å². The van der Waals surface area contributed by atoms with Crippen LogP contribution in [0.1, 0.15) is 79.1 Å². The molecule has 15 nitrogen and oxygen atoms in total. The lowest BCUT2D eigenvalue weighted by Crippen LogP contribution is -2.65. The molecule has 8 rings (SSSR count). The van der Waals surface area contributed by atoms with Gasteiger partial charge in [0.15, 0.2) is 18.4 Å². The SMILES string of the molecule is C[C@@H]1CO[C@@]2(O[C@H]3[C@H](O)[C@H]4[C@@H]5CC[C@@H]6C[C@@H](O[C@@H]7O[C@H](CO)[C@H](O)[C@H](O)[C@H]7O[C@@H]7O[C@H](CO)[C@@H](O)[C@H](O)[C@H]7O)CC[C@]6(C)[C@H]5CC[C@]4(C)[C@H]3[C@@H]2C)[C@@H](O)C1. The Balaban J connectivity index is 0.959. The number of fused-ring (bicyclic) bond motifs is 7. The van der Waals surface area contributed by atoms with E-state index >= 15 is 0 Å². The van der Waals surface area contributed by atoms with Crippen LogP contribution in [0.2, 0.25) is 0 Å². The number of hydrogen-bond donors (Lipinski definition) is 9. The predicted molar refractivity (Wildman–Crippen MR) is 186 cm³/mol. The average molecular weight is 773 g/mol. The summed E-state index contributed by atoms with van der Waals surface area (Å²) in [5.41, 5.74) is -0.149. The average Bonchev–Trinajstić information content (AvgIpc) is 3.57. The normalized spacial score (nSPS) is 60.1. The minimum absolute atomic E-state index is 0.00295. The van der Waals surface area contributed by atoms with Gasteiger partial charge in [-0.1, -0.05) is 27.7 Å². The quantitative estimate of drug-likeness (QED) is 0.153. The van der Waals surface area contributed by atoms with Gasteiger partial charge in [0.25, 0.3) is 0 Å². The molecule has 4 aliphatic heterocycles. The molecule has 8 fully saturated rings. The molecule has 0 unspecified atom stereocenters. The number of hydrogen-bond acceptors (Lipinski definition) is 15. The largest absolute Gasteiger partial charge is 0.394 e. The first-order valence-electron chi connectivity index (χ1n) is 20.5. The van der Waals surface area contributed by atoms with E-state index in [1.165, 1.54) is 0 Å². The van der Waals surface area contributed by atoms with Crippen LogP contribution in [0.15, 0.2) is 0 Å². The second-order valence-corrected chi connectivity index (χ2v) is 18.9. The highest BCUT2D eigenvalue weighted by atomic mass is 16.8. The van der Waals surface area contributed by atoms with Gasteiger partial charge >= 0.3 is 0 Å². The molecule has 54 heavy (non-hydrogen) atoms. The van der Waals surface area contributed by atoms with E-state index in [0.717, 1.165) is 32.1 Å². The first-order valence-corrected chi connectivity index (χ1v) is 20.5. The van der Waals surface area contributed by atoms with Crippen LogP contribution in [0.4, 0.5) is 0 Å². The molecule has 15 heteroatoms. The van der Waals surface area contributed by atoms with Gasteiger partial charge in [-0.3, -0.25) is 0 Å². The fraction of sp³-hybridized carbons (Fsp3) is 1.00. The standard InChI is InChI=1S/C39H64O15/c1-16-11-24(42)39(49-15-16)17(2)25-33(54-39)29(45)26-20-6-5-18-12-19(7-9-37(18,3)21(20)8-10-38(25,26)4)50-36-34(31(47)28(44)23(14-41)52-36)53-35-32(48)30(46)27(43)22(13-40)51-35/h16-36,40-48H,5-15H2,1-4H3/t16-,17-,18+,19-,20+,21-,22+,23+,24-,25-,26+,27+,28-,29+,30-,31-,32+,33+,34+,35-,36+,37-,38+,39-/m0/s1. The molecule has 4 aliphatic carbocycles. The molecule has 4 saturated carbocycles. The molecule has 0 aromatic heterocycles. The molecule has 8 aliphatic rings. The molecule has 24 atom stereocenters. The Hall–Kier alpha value is -0.600. The Kier molecular flexibility index (Phi) is 10.9. The van der Waals surface area contributed by atoms with Gasteiger partial charge in [-0.05, 0) is 91.8 Å². The summed E-state index contributed by atoms with van der Waals surface area (Å²) in [7, 11) is 0. The van der Waals surface area contributed by atoms with E-state index in [1.54, 1.807) is 0 Å². The minimum Gasteiger partial charge on any atom is -0.394 e. The maximum absolute atomic E-state index is 12.1. The lowest BCUT2D eigenvalue weighted by atomic mass is 9.44. The van der Waals surface area contributed by atoms with E-state index in [2.05, 4.69) is 27.7 Å². The summed E-state index contributed by atoms with van der Waals surface area (Å²) < 4.78 is 36.9. The van der Waals surface area contributed by atoms with Crippen molar-refractivity contribution in [1.29, 1.82) is 0 Å². The third kappa shape index (κ3) is 6.01. The summed E-state index contributed by atoms with van der Waals surface area (Å²) in [5, 5.41) is 96.1. The van der Waals surface area contributed by atoms with E-state index in [0.29, 0.717) is 43.6 Å². The number of aliphatic hydroxyl groups excluding tert-OH is 9. The highest BCUT2D eigenvalue weighted by molar-refractivity contribution is 5.19. The summed E-state index contributed by atoms with van der Waals surface area (Å²) in [4.78, 5) is 0. The van der Waals surface area contributed by atoms with Crippen LogP contribution in [0.5, 0.6) is 0 Å². The van der Waals surface area contributed by atoms with Crippen LogP contribution in [0, 0.1) is 52.3 Å². The van der Waals surface area contributed by atoms with Gasteiger partial charge in [0.05, 0.1) is 38.1 Å². The van der Waals surface area contributed by atoms with Crippen LogP contribution in [0.3, 0.4) is 0 Å². The van der Waals surface area contributed by atoms with Crippen molar-refractivity contribution >= 4 is 0 Å². The zero-order chi connectivity index (χ0) is 38.6. The Morgan fingerprint density at radius 2 is 1.33 bits per heavy atom. The fourth-order valence-corrected chi connectivity index (χ4v) is 13.4. The summed E-state index contributed by atoms with van der Waals surface area (Å²) in [6.45, 7) is 8.23. The zero-order valence-corrected chi connectivity index (χ0v) is 31.9. The van der Waals surface area contributed by atoms with E-state index in [1.807, 2.05) is 0 Å². The monoisotopic (exact) mass is 772 g/mol. The van der Waals surface area contributed by atoms with E-state index in [-0.39, 0.29) is 46.7 Å². The Bertz CT molecular complexity index is 1340. The fourth-order valence-electron chi connectivity index (χ4n) is 13.4. The summed E-state index contributed by atoms with van der Waals surface area (Å²) >= 11 is 0. The van der Waals surface area contributed by atoms with Gasteiger partial charge in [0.2, 0.25) is 0 Å². The van der Waals surface area contributed by atoms with Gasteiger partial charge in [-0.25, -0.2) is 0 Å². The number of rotatable bonds is 6. The van der Waals surface area contributed by atoms with Crippen LogP contribution < -0.4 is 0 Å². The molecule has 4 saturated heterocycles. The minimum atomic E-state index is -1.74. The second kappa shape index (κ2) is 14.6. The molecule has 0 aromatic rings. The Labute approximate surface area is 316 Å². The molecule has 0 radical (unpaired) electrons. The van der Waals surface area contributed by atoms with E-state index in [9.17, 15) is 46.0 Å². The molecular formula is C39H64O15. The molecular weight excluding hydrogens is 708 g/mol. The van der Waals surface area contributed by atoms with Crippen LogP contribution >= 0.6 is 0 Å². The highest BCUT2D eigenvalue weighted by Gasteiger charge is 2.73. The zero-order valence-electron chi connectivity index (χ0n) is 31.9. The van der Waals surface area contributed by atoms with E-state index in [4.69, 9.17) is 28.4 Å². The van der Waals surface area contributed by atoms with Crippen molar-refractivity contribution in [1.82, 2.24) is 0 Å². The van der Waals surface area contributed by atoms with Crippen LogP contribution in [-0.2, 0) is 28.4 Å². The van der Waals surface area contributed by atoms with Crippen LogP contribution in [-0.4, -0.2) is 157 Å². The number of aliphatic hydroxyl groups is 9. The van der Waals surface area contributed by atoms with Crippen molar-refractivity contribution in [2.45, 2.75) is 171 Å². The second-order valence-electron chi connectivity index (χ2n) is 18.9. The lowest BCUT2D eigenvalue weighted by Gasteiger charge is -2.61. The van der Waals surface area contributed by atoms with Crippen molar-refractivity contribution < 1.29 is 74.4 Å². The third-order valence-corrected chi connectivity index (χ3v) is 16.2. The van der Waals surface area contributed by atoms with Crippen molar-refractivity contribution in [3.05, 3.63) is 0 Å².